The molecule has 0 aliphatic rings. The van der Waals surface area contributed by atoms with E-state index in [0.29, 0.717) is 5.75 Å². The molecular weight excluding hydrogens is 338 g/mol. The third-order valence-electron chi connectivity index (χ3n) is 3.66. The zero-order chi connectivity index (χ0) is 16.8. The molecule has 1 unspecified atom stereocenters. The van der Waals surface area contributed by atoms with Crippen LogP contribution in [0, 0.1) is 0 Å². The minimum atomic E-state index is 0.0330. The molecule has 24 heavy (non-hydrogen) atoms. The van der Waals surface area contributed by atoms with Crippen molar-refractivity contribution < 1.29 is 4.79 Å². The van der Waals surface area contributed by atoms with Crippen LogP contribution in [0.4, 0.5) is 0 Å². The number of amides is 1. The molecule has 0 radical (unpaired) electrons. The van der Waals surface area contributed by atoms with Gasteiger partial charge >= 0.3 is 0 Å². The standard InChI is InChI=1S/C18H19N3OS2/c1-2-6-14(13-7-4-3-5-8-13)21-16(22)11-24-18-17-15(9-10-23-17)19-12-20-18/h3-5,7-10,12,14H,2,6,11H2,1H3,(H,21,22). The number of carbonyl (C=O) groups is 1. The van der Waals surface area contributed by atoms with Crippen molar-refractivity contribution in [2.75, 3.05) is 5.75 Å². The Morgan fingerprint density at radius 1 is 1.25 bits per heavy atom. The van der Waals surface area contributed by atoms with E-state index in [1.54, 1.807) is 17.7 Å². The van der Waals surface area contributed by atoms with Crippen LogP contribution in [0.25, 0.3) is 10.2 Å². The van der Waals surface area contributed by atoms with E-state index >= 15 is 0 Å². The Balaban J connectivity index is 1.63. The second-order valence-electron chi connectivity index (χ2n) is 5.42. The fraction of sp³-hybridized carbons (Fsp3) is 0.278. The van der Waals surface area contributed by atoms with Gasteiger partial charge in [-0.15, -0.1) is 11.3 Å². The molecule has 1 aromatic carbocycles. The van der Waals surface area contributed by atoms with Gasteiger partial charge in [-0.2, -0.15) is 0 Å². The molecule has 1 N–H and O–H groups in total. The Bertz CT molecular complexity index is 804. The number of carbonyl (C=O) groups excluding carboxylic acids is 1. The van der Waals surface area contributed by atoms with Gasteiger partial charge in [0, 0.05) is 0 Å². The molecular formula is C18H19N3OS2. The summed E-state index contributed by atoms with van der Waals surface area (Å²) in [5, 5.41) is 6.01. The summed E-state index contributed by atoms with van der Waals surface area (Å²) in [6, 6.07) is 12.2. The molecule has 1 amide bonds. The molecule has 124 valence electrons. The average Bonchev–Trinajstić information content (AvgIpc) is 3.09. The largest absolute Gasteiger partial charge is 0.349 e. The topological polar surface area (TPSA) is 54.9 Å². The molecule has 4 nitrogen and oxygen atoms in total. The summed E-state index contributed by atoms with van der Waals surface area (Å²) in [5.74, 6) is 0.391. The highest BCUT2D eigenvalue weighted by Crippen LogP contribution is 2.28. The number of nitrogens with zero attached hydrogens (tertiary/aromatic N) is 2. The molecule has 0 fully saturated rings. The van der Waals surface area contributed by atoms with Crippen molar-refractivity contribution in [2.24, 2.45) is 0 Å². The van der Waals surface area contributed by atoms with Crippen LogP contribution in [0.15, 0.2) is 53.1 Å². The lowest BCUT2D eigenvalue weighted by atomic mass is 10.0. The Hall–Kier alpha value is -1.92. The predicted molar refractivity (Wildman–Crippen MR) is 100 cm³/mol. The molecule has 0 saturated heterocycles. The van der Waals surface area contributed by atoms with Crippen molar-refractivity contribution in [3.63, 3.8) is 0 Å². The van der Waals surface area contributed by atoms with Crippen molar-refractivity contribution in [1.29, 1.82) is 0 Å². The quantitative estimate of drug-likeness (QED) is 0.502. The van der Waals surface area contributed by atoms with Gasteiger partial charge in [0.05, 0.1) is 22.0 Å². The number of thiophene rings is 1. The van der Waals surface area contributed by atoms with Crippen LogP contribution in [0.2, 0.25) is 0 Å². The van der Waals surface area contributed by atoms with Gasteiger partial charge in [-0.1, -0.05) is 55.4 Å². The predicted octanol–water partition coefficient (Wildman–Crippen LogP) is 4.44. The molecule has 1 atom stereocenters. The summed E-state index contributed by atoms with van der Waals surface area (Å²) >= 11 is 3.07. The highest BCUT2D eigenvalue weighted by atomic mass is 32.2. The van der Waals surface area contributed by atoms with E-state index in [1.165, 1.54) is 11.8 Å². The second-order valence-corrected chi connectivity index (χ2v) is 7.30. The number of rotatable bonds is 7. The zero-order valence-corrected chi connectivity index (χ0v) is 15.1. The van der Waals surface area contributed by atoms with E-state index in [-0.39, 0.29) is 11.9 Å². The summed E-state index contributed by atoms with van der Waals surface area (Å²) in [6.45, 7) is 2.13. The summed E-state index contributed by atoms with van der Waals surface area (Å²) in [6.07, 6.45) is 3.51. The minimum Gasteiger partial charge on any atom is -0.349 e. The molecule has 3 aromatic rings. The number of nitrogens with one attached hydrogen (secondary N) is 1. The first-order valence-electron chi connectivity index (χ1n) is 7.93. The van der Waals surface area contributed by atoms with Gasteiger partial charge in [0.1, 0.15) is 11.4 Å². The Morgan fingerprint density at radius 3 is 2.88 bits per heavy atom. The lowest BCUT2D eigenvalue weighted by Crippen LogP contribution is -2.29. The lowest BCUT2D eigenvalue weighted by Gasteiger charge is -2.18. The maximum Gasteiger partial charge on any atom is 0.230 e. The van der Waals surface area contributed by atoms with Gasteiger partial charge in [0.25, 0.3) is 0 Å². The van der Waals surface area contributed by atoms with Gasteiger partial charge in [-0.05, 0) is 23.4 Å². The Labute approximate surface area is 149 Å². The van der Waals surface area contributed by atoms with E-state index in [0.717, 1.165) is 33.6 Å². The highest BCUT2D eigenvalue weighted by Gasteiger charge is 2.15. The number of benzene rings is 1. The maximum atomic E-state index is 12.4. The van der Waals surface area contributed by atoms with Crippen LogP contribution in [-0.2, 0) is 4.79 Å². The van der Waals surface area contributed by atoms with Crippen LogP contribution in [0.5, 0.6) is 0 Å². The van der Waals surface area contributed by atoms with Crippen molar-refractivity contribution in [2.45, 2.75) is 30.8 Å². The first kappa shape index (κ1) is 16.9. The van der Waals surface area contributed by atoms with Crippen LogP contribution in [0.1, 0.15) is 31.4 Å². The fourth-order valence-electron chi connectivity index (χ4n) is 2.54. The number of fused-ring (bicyclic) bond motifs is 1. The normalized spacial score (nSPS) is 12.2. The van der Waals surface area contributed by atoms with Crippen molar-refractivity contribution >= 4 is 39.2 Å². The average molecular weight is 358 g/mol. The number of thioether (sulfide) groups is 1. The van der Waals surface area contributed by atoms with E-state index in [4.69, 9.17) is 0 Å². The third kappa shape index (κ3) is 4.13. The van der Waals surface area contributed by atoms with Gasteiger partial charge in [-0.3, -0.25) is 4.79 Å². The van der Waals surface area contributed by atoms with E-state index in [2.05, 4.69) is 34.3 Å². The Morgan fingerprint density at radius 2 is 2.08 bits per heavy atom. The maximum absolute atomic E-state index is 12.4. The molecule has 0 spiro atoms. The SMILES string of the molecule is CCCC(NC(=O)CSc1ncnc2ccsc12)c1ccccc1. The highest BCUT2D eigenvalue weighted by molar-refractivity contribution is 8.00. The number of aromatic nitrogens is 2. The minimum absolute atomic E-state index is 0.0330. The summed E-state index contributed by atoms with van der Waals surface area (Å²) in [7, 11) is 0. The van der Waals surface area contributed by atoms with Crippen LogP contribution >= 0.6 is 23.1 Å². The summed E-state index contributed by atoms with van der Waals surface area (Å²) in [4.78, 5) is 20.9. The van der Waals surface area contributed by atoms with Crippen LogP contribution in [0.3, 0.4) is 0 Å². The van der Waals surface area contributed by atoms with E-state index < -0.39 is 0 Å². The van der Waals surface area contributed by atoms with Gasteiger partial charge < -0.3 is 5.32 Å². The molecule has 6 heteroatoms. The molecule has 0 saturated carbocycles. The number of hydrogen-bond acceptors (Lipinski definition) is 5. The van der Waals surface area contributed by atoms with Gasteiger partial charge in [0.2, 0.25) is 5.91 Å². The second kappa shape index (κ2) is 8.26. The van der Waals surface area contributed by atoms with E-state index in [1.807, 2.05) is 29.6 Å². The molecule has 0 bridgehead atoms. The van der Waals surface area contributed by atoms with Crippen molar-refractivity contribution in [3.8, 4) is 0 Å². The zero-order valence-electron chi connectivity index (χ0n) is 13.4. The Kier molecular flexibility index (Phi) is 5.82. The summed E-state index contributed by atoms with van der Waals surface area (Å²) < 4.78 is 1.04. The van der Waals surface area contributed by atoms with Gasteiger partial charge in [0.15, 0.2) is 0 Å². The molecule has 2 aromatic heterocycles. The smallest absolute Gasteiger partial charge is 0.230 e. The van der Waals surface area contributed by atoms with Crippen molar-refractivity contribution in [1.82, 2.24) is 15.3 Å². The van der Waals surface area contributed by atoms with Crippen LogP contribution in [-0.4, -0.2) is 21.6 Å². The molecule has 3 rings (SSSR count). The first-order chi connectivity index (χ1) is 11.8. The van der Waals surface area contributed by atoms with E-state index in [9.17, 15) is 4.79 Å². The molecule has 2 heterocycles. The van der Waals surface area contributed by atoms with Gasteiger partial charge in [-0.25, -0.2) is 9.97 Å². The fourth-order valence-corrected chi connectivity index (χ4v) is 4.29. The van der Waals surface area contributed by atoms with Crippen molar-refractivity contribution in [3.05, 3.63) is 53.7 Å². The lowest BCUT2D eigenvalue weighted by molar-refractivity contribution is -0.119. The first-order valence-corrected chi connectivity index (χ1v) is 9.79. The number of hydrogen-bond donors (Lipinski definition) is 1. The summed E-state index contributed by atoms with van der Waals surface area (Å²) in [5.41, 5.74) is 2.09. The molecule has 0 aliphatic carbocycles. The molecule has 0 aliphatic heterocycles. The third-order valence-corrected chi connectivity index (χ3v) is 5.69. The monoisotopic (exact) mass is 357 g/mol. The van der Waals surface area contributed by atoms with Crippen LogP contribution < -0.4 is 5.32 Å².